The van der Waals surface area contributed by atoms with Crippen LogP contribution in [0.3, 0.4) is 0 Å². The summed E-state index contributed by atoms with van der Waals surface area (Å²) in [6.45, 7) is 0. The van der Waals surface area contributed by atoms with Gasteiger partial charge in [0.1, 0.15) is 0 Å². The van der Waals surface area contributed by atoms with Gasteiger partial charge in [-0.3, -0.25) is 0 Å². The molecule has 0 saturated heterocycles. The maximum Gasteiger partial charge on any atom is 1.00 e. The van der Waals surface area contributed by atoms with Crippen molar-refractivity contribution in [2.45, 2.75) is 0 Å². The Morgan fingerprint density at radius 2 is 0.750 bits per heavy atom. The van der Waals surface area contributed by atoms with E-state index in [0.717, 1.165) is 0 Å². The molecule has 16 valence electrons. The van der Waals surface area contributed by atoms with Gasteiger partial charge in [-0.1, -0.05) is 0 Å². The Morgan fingerprint density at radius 3 is 0.750 bits per heavy atom. The molecule has 0 rings (SSSR count). The molecule has 0 spiro atoms. The molecule has 0 saturated carbocycles. The molecule has 0 aromatic carbocycles. The van der Waals surface area contributed by atoms with Gasteiger partial charge in [-0.25, -0.2) is 0 Å². The fourth-order valence-electron chi connectivity index (χ4n) is 0. The summed E-state index contributed by atoms with van der Waals surface area (Å²) in [6, 6.07) is 0. The summed E-state index contributed by atoms with van der Waals surface area (Å²) in [6.07, 6.45) is 0. The first-order chi connectivity index (χ1) is 0. The minimum atomic E-state index is 0. The Hall–Kier alpha value is 3.92. The number of thiol groups is 1. The van der Waals surface area contributed by atoms with Crippen molar-refractivity contribution in [3.63, 3.8) is 0 Å². The van der Waals surface area contributed by atoms with Crippen LogP contribution in [0.1, 0.15) is 0 Å². The third kappa shape index (κ3) is 9.33. The number of hydrogen-bond donors (Lipinski definition) is 0. The van der Waals surface area contributed by atoms with Crippen LogP contribution in [0.5, 0.6) is 0 Å². The van der Waals surface area contributed by atoms with E-state index >= 15 is 0 Å². The van der Waals surface area contributed by atoms with Crippen molar-refractivity contribution >= 4 is 13.5 Å². The third-order valence-electron chi connectivity index (χ3n) is 0. The fourth-order valence-corrected chi connectivity index (χ4v) is 0. The topological polar surface area (TPSA) is 31.5 Å². The molecule has 0 unspecified atom stereocenters. The van der Waals surface area contributed by atoms with Crippen LogP contribution < -0.4 is 116 Å². The van der Waals surface area contributed by atoms with E-state index in [2.05, 4.69) is 0 Å². The van der Waals surface area contributed by atoms with E-state index in [-0.39, 0.29) is 135 Å². The molecule has 0 fully saturated rings. The molecule has 0 aromatic rings. The van der Waals surface area contributed by atoms with Crippen molar-refractivity contribution in [3.8, 4) is 0 Å². The summed E-state index contributed by atoms with van der Waals surface area (Å²) >= 11 is 0. The molecule has 4 heavy (non-hydrogen) atoms. The van der Waals surface area contributed by atoms with Gasteiger partial charge < -0.3 is 19.0 Å². The van der Waals surface area contributed by atoms with Crippen LogP contribution in [0.2, 0.25) is 0 Å². The molecule has 0 bridgehead atoms. The van der Waals surface area contributed by atoms with E-state index in [0.29, 0.717) is 0 Å². The van der Waals surface area contributed by atoms with E-state index in [4.69, 9.17) is 0 Å². The minimum absolute atomic E-state index is 0. The van der Waals surface area contributed by atoms with Gasteiger partial charge >= 0.3 is 116 Å². The van der Waals surface area contributed by atoms with Crippen molar-refractivity contribution in [1.29, 1.82) is 0 Å². The normalized spacial score (nSPS) is 0. The monoisotopic (exact) mass is 221 g/mol. The van der Waals surface area contributed by atoms with Crippen LogP contribution >= 0.6 is 0 Å². The molecule has 0 aliphatic carbocycles. The van der Waals surface area contributed by atoms with E-state index in [1.54, 1.807) is 0 Å². The molecule has 0 radical (unpaired) electrons. The second kappa shape index (κ2) is 15.8. The summed E-state index contributed by atoms with van der Waals surface area (Å²) in [5.41, 5.74) is 0. The molecule has 1 nitrogen and oxygen atoms in total. The predicted molar refractivity (Wildman–Crippen MR) is 12.4 cm³/mol. The van der Waals surface area contributed by atoms with Crippen molar-refractivity contribution in [3.05, 3.63) is 0 Å². The van der Waals surface area contributed by atoms with Crippen LogP contribution in [0.15, 0.2) is 0 Å². The van der Waals surface area contributed by atoms with E-state index in [9.17, 15) is 0 Å². The Bertz CT molecular complexity index is 6.00. The maximum absolute atomic E-state index is 0. The first-order valence-electron chi connectivity index (χ1n) is 0. The first-order valence-corrected chi connectivity index (χ1v) is 0. The predicted octanol–water partition coefficient (Wildman–Crippen LogP) is -7.09. The molecule has 0 heterocycles. The van der Waals surface area contributed by atoms with Gasteiger partial charge in [0.2, 0.25) is 0 Å². The van der Waals surface area contributed by atoms with Crippen molar-refractivity contribution in [2.24, 2.45) is 0 Å². The number of hydrogen-bond acceptors (Lipinski definition) is 1. The summed E-state index contributed by atoms with van der Waals surface area (Å²) in [7, 11) is 0. The zero-order valence-corrected chi connectivity index (χ0v) is 13.7. The fraction of sp³-hybridized carbons (Fsp3) is 0. The van der Waals surface area contributed by atoms with Gasteiger partial charge in [-0.05, 0) is 0 Å². The van der Waals surface area contributed by atoms with E-state index in [1.165, 1.54) is 0 Å². The Kier molecular flexibility index (Phi) is 97.4. The van der Waals surface area contributed by atoms with Crippen molar-refractivity contribution in [1.82, 2.24) is 0 Å². The second-order valence-corrected chi connectivity index (χ2v) is 0. The summed E-state index contributed by atoms with van der Waals surface area (Å²) in [4.78, 5) is 0. The standard InChI is InChI=1S/H2O.2Rb.H2S/h1H2;;;1H2/q;2*+1;/p-1. The zero-order chi connectivity index (χ0) is 0. The molecule has 4 heteroatoms. The van der Waals surface area contributed by atoms with Gasteiger partial charge in [0.15, 0.2) is 0 Å². The maximum atomic E-state index is 0. The molecular weight excluding hydrogens is 219 g/mol. The molecule has 0 atom stereocenters. The van der Waals surface area contributed by atoms with Crippen LogP contribution in [-0.2, 0) is 13.5 Å². The largest absolute Gasteiger partial charge is 1.00 e. The van der Waals surface area contributed by atoms with E-state index < -0.39 is 0 Å². The summed E-state index contributed by atoms with van der Waals surface area (Å²) < 4.78 is 0. The second-order valence-electron chi connectivity index (χ2n) is 0. The first kappa shape index (κ1) is 24.7. The average Bonchev–Trinajstić information content (AvgIpc) is 0. The Morgan fingerprint density at radius 1 is 0.750 bits per heavy atom. The molecule has 2 N–H and O–H groups in total. The van der Waals surface area contributed by atoms with Crippen LogP contribution in [-0.4, -0.2) is 5.48 Å². The molecule has 0 aromatic heterocycles. The molecule has 0 aliphatic heterocycles. The quantitative estimate of drug-likeness (QED) is 0.296. The minimum Gasteiger partial charge on any atom is -0.813 e. The SMILES string of the molecule is O.[Rb+].[Rb+].[SH-]. The smallest absolute Gasteiger partial charge is 0.813 e. The van der Waals surface area contributed by atoms with Crippen LogP contribution in [0.25, 0.3) is 0 Å². The van der Waals surface area contributed by atoms with Crippen LogP contribution in [0.4, 0.5) is 0 Å². The van der Waals surface area contributed by atoms with E-state index in [1.807, 2.05) is 0 Å². The van der Waals surface area contributed by atoms with Crippen molar-refractivity contribution in [2.75, 3.05) is 0 Å². The molecular formula is H3ORb2S+. The van der Waals surface area contributed by atoms with Gasteiger partial charge in [0, 0.05) is 0 Å². The van der Waals surface area contributed by atoms with Crippen LogP contribution in [0, 0.1) is 0 Å². The third-order valence-corrected chi connectivity index (χ3v) is 0. The average molecular weight is 222 g/mol. The summed E-state index contributed by atoms with van der Waals surface area (Å²) in [5.74, 6) is 0. The van der Waals surface area contributed by atoms with Gasteiger partial charge in [0.05, 0.1) is 0 Å². The van der Waals surface area contributed by atoms with Gasteiger partial charge in [0.25, 0.3) is 0 Å². The number of rotatable bonds is 0. The van der Waals surface area contributed by atoms with Gasteiger partial charge in [-0.15, -0.1) is 0 Å². The zero-order valence-electron chi connectivity index (χ0n) is 2.95. The molecule has 0 aliphatic rings. The molecule has 0 amide bonds. The Balaban J connectivity index is 0. The van der Waals surface area contributed by atoms with Gasteiger partial charge in [-0.2, -0.15) is 0 Å². The van der Waals surface area contributed by atoms with Crippen molar-refractivity contribution < 1.29 is 122 Å². The Labute approximate surface area is 131 Å². The summed E-state index contributed by atoms with van der Waals surface area (Å²) in [5, 5.41) is 0.